The van der Waals surface area contributed by atoms with Gasteiger partial charge in [-0.05, 0) is 67.1 Å². The molecule has 12 heteroatoms. The molecule has 0 unspecified atom stereocenters. The van der Waals surface area contributed by atoms with Gasteiger partial charge in [-0.15, -0.1) is 0 Å². The summed E-state index contributed by atoms with van der Waals surface area (Å²) in [4.78, 5) is 25.1. The van der Waals surface area contributed by atoms with Crippen molar-refractivity contribution in [2.24, 2.45) is 0 Å². The fourth-order valence-corrected chi connectivity index (χ4v) is 5.66. The fourth-order valence-electron chi connectivity index (χ4n) is 4.83. The number of benzene rings is 3. The molecule has 1 amide bonds. The van der Waals surface area contributed by atoms with Crippen molar-refractivity contribution in [2.75, 3.05) is 18.5 Å². The summed E-state index contributed by atoms with van der Waals surface area (Å²) >= 11 is 0.164. The Hall–Kier alpha value is -3.64. The number of phenols is 1. The van der Waals surface area contributed by atoms with Gasteiger partial charge in [0.1, 0.15) is 16.2 Å². The van der Waals surface area contributed by atoms with Crippen LogP contribution in [0.2, 0.25) is 0 Å². The predicted molar refractivity (Wildman–Crippen MR) is 143 cm³/mol. The number of hydrogen-bond acceptors (Lipinski definition) is 5. The Kier molecular flexibility index (Phi) is 9.54. The number of carboxylic acids is 1. The van der Waals surface area contributed by atoms with Gasteiger partial charge in [0, 0.05) is 5.69 Å². The largest absolute Gasteiger partial charge is 0.507 e. The lowest BCUT2D eigenvalue weighted by Crippen LogP contribution is -2.37. The van der Waals surface area contributed by atoms with Crippen LogP contribution in [-0.2, 0) is 11.3 Å². The highest BCUT2D eigenvalue weighted by Crippen LogP contribution is 2.34. The van der Waals surface area contributed by atoms with Gasteiger partial charge in [0.25, 0.3) is 0 Å². The Morgan fingerprint density at radius 1 is 0.878 bits per heavy atom. The molecule has 0 aliphatic heterocycles. The number of carbonyl (C=O) groups is 2. The molecule has 4 rings (SSSR count). The topological polar surface area (TPSA) is 81.1 Å². The van der Waals surface area contributed by atoms with Gasteiger partial charge in [0.05, 0.1) is 13.1 Å². The monoisotopic (exact) mass is 594 g/mol. The molecule has 0 bridgehead atoms. The van der Waals surface area contributed by atoms with E-state index in [1.807, 2.05) is 24.3 Å². The molecule has 0 aromatic heterocycles. The molecule has 0 heterocycles. The first-order chi connectivity index (χ1) is 19.5. The van der Waals surface area contributed by atoms with Crippen LogP contribution in [0.25, 0.3) is 0 Å². The number of carbonyl (C=O) groups excluding carboxylic acids is 1. The Labute approximate surface area is 237 Å². The molecule has 218 valence electrons. The minimum atomic E-state index is -2.29. The third-order valence-electron chi connectivity index (χ3n) is 6.99. The normalized spacial score (nSPS) is 13.9. The van der Waals surface area contributed by atoms with Crippen molar-refractivity contribution >= 4 is 29.5 Å². The highest BCUT2D eigenvalue weighted by atomic mass is 32.2. The van der Waals surface area contributed by atoms with E-state index in [4.69, 9.17) is 0 Å². The highest BCUT2D eigenvalue weighted by Gasteiger charge is 2.28. The molecule has 1 saturated carbocycles. The van der Waals surface area contributed by atoms with Crippen LogP contribution < -0.4 is 4.90 Å². The van der Waals surface area contributed by atoms with E-state index in [0.29, 0.717) is 11.5 Å². The van der Waals surface area contributed by atoms with Crippen molar-refractivity contribution < 1.29 is 41.8 Å². The summed E-state index contributed by atoms with van der Waals surface area (Å²) in [6.45, 7) is -0.567. The number of rotatable bonds is 9. The summed E-state index contributed by atoms with van der Waals surface area (Å²) in [5.41, 5.74) is 1.56. The van der Waals surface area contributed by atoms with Crippen molar-refractivity contribution in [3.05, 3.63) is 88.2 Å². The average Bonchev–Trinajstić information content (AvgIpc) is 2.97. The van der Waals surface area contributed by atoms with E-state index in [1.165, 1.54) is 30.0 Å². The van der Waals surface area contributed by atoms with E-state index in [9.17, 15) is 41.8 Å². The van der Waals surface area contributed by atoms with Crippen LogP contribution in [0.3, 0.4) is 0 Å². The van der Waals surface area contributed by atoms with Gasteiger partial charge < -0.3 is 15.1 Å². The summed E-state index contributed by atoms with van der Waals surface area (Å²) in [5, 5.41) is 19.4. The number of aromatic hydroxyl groups is 1. The maximum absolute atomic E-state index is 14.2. The van der Waals surface area contributed by atoms with Gasteiger partial charge in [-0.3, -0.25) is 4.79 Å². The number of carboxylic acid groups (broad SMARTS) is 1. The highest BCUT2D eigenvalue weighted by molar-refractivity contribution is 7.97. The first-order valence-electron chi connectivity index (χ1n) is 12.8. The lowest BCUT2D eigenvalue weighted by atomic mass is 9.84. The summed E-state index contributed by atoms with van der Waals surface area (Å²) in [5.74, 6) is -12.7. The van der Waals surface area contributed by atoms with Crippen LogP contribution in [0.15, 0.2) is 47.4 Å². The first-order valence-corrected chi connectivity index (χ1v) is 13.6. The maximum Gasteiger partial charge on any atom is 0.339 e. The van der Waals surface area contributed by atoms with Crippen molar-refractivity contribution in [1.82, 2.24) is 4.31 Å². The molecule has 3 aromatic rings. The van der Waals surface area contributed by atoms with Crippen molar-refractivity contribution in [2.45, 2.75) is 49.5 Å². The summed E-state index contributed by atoms with van der Waals surface area (Å²) in [6.07, 6.45) is 5.74. The summed E-state index contributed by atoms with van der Waals surface area (Å²) in [6, 6.07) is 11.3. The van der Waals surface area contributed by atoms with Gasteiger partial charge in [-0.2, -0.15) is 0 Å². The smallest absolute Gasteiger partial charge is 0.339 e. The molecule has 3 aromatic carbocycles. The number of hydrogen-bond donors (Lipinski definition) is 2. The molecule has 1 aliphatic rings. The van der Waals surface area contributed by atoms with Gasteiger partial charge in [0.2, 0.25) is 11.7 Å². The Balaban J connectivity index is 1.59. The number of nitrogens with zero attached hydrogens (tertiary/aromatic N) is 2. The van der Waals surface area contributed by atoms with Gasteiger partial charge in [-0.1, -0.05) is 43.5 Å². The number of likely N-dealkylation sites (N-methyl/N-ethyl adjacent to an activating group) is 1. The lowest BCUT2D eigenvalue weighted by molar-refractivity contribution is -0.118. The van der Waals surface area contributed by atoms with Crippen LogP contribution in [0, 0.1) is 29.1 Å². The van der Waals surface area contributed by atoms with E-state index in [0.717, 1.165) is 42.1 Å². The number of anilines is 1. The number of aromatic carboxylic acids is 1. The molecular weight excluding hydrogens is 567 g/mol. The molecule has 0 saturated heterocycles. The molecular formula is C29H27F5N2O4S. The van der Waals surface area contributed by atoms with Crippen LogP contribution >= 0.6 is 11.9 Å². The zero-order chi connectivity index (χ0) is 29.8. The summed E-state index contributed by atoms with van der Waals surface area (Å²) in [7, 11) is 1.23. The van der Waals surface area contributed by atoms with Gasteiger partial charge in [-0.25, -0.2) is 31.1 Å². The molecule has 41 heavy (non-hydrogen) atoms. The molecule has 2 N–H and O–H groups in total. The SMILES string of the molecule is CN(CC(=O)N(Cc1ccc(C2CCCCC2)cc1)c1ccc(O)c(C(=O)O)c1)Sc1c(F)c(F)c(F)c(F)c1F. The van der Waals surface area contributed by atoms with E-state index >= 15 is 0 Å². The molecule has 0 spiro atoms. The standard InChI is InChI=1S/C29H27F5N2O4S/c1-35(41-28-26(33)24(31)23(30)25(32)27(28)34)15-22(38)36(19-11-12-21(37)20(13-19)29(39)40)14-16-7-9-18(10-8-16)17-5-3-2-4-6-17/h7-13,17,37H,2-6,14-15H2,1H3,(H,39,40). The second-order valence-corrected chi connectivity index (χ2v) is 11.1. The number of halogens is 5. The number of amides is 1. The van der Waals surface area contributed by atoms with Gasteiger partial charge >= 0.3 is 5.97 Å². The third-order valence-corrected chi connectivity index (χ3v) is 7.98. The molecule has 0 radical (unpaired) electrons. The lowest BCUT2D eigenvalue weighted by Gasteiger charge is -2.26. The zero-order valence-electron chi connectivity index (χ0n) is 22.0. The summed E-state index contributed by atoms with van der Waals surface area (Å²) < 4.78 is 70.1. The average molecular weight is 595 g/mol. The van der Waals surface area contributed by atoms with E-state index in [2.05, 4.69) is 0 Å². The van der Waals surface area contributed by atoms with E-state index < -0.39 is 63.7 Å². The minimum Gasteiger partial charge on any atom is -0.507 e. The minimum absolute atomic E-state index is 0.0192. The Morgan fingerprint density at radius 3 is 2.05 bits per heavy atom. The van der Waals surface area contributed by atoms with Crippen molar-refractivity contribution in [1.29, 1.82) is 0 Å². The quantitative estimate of drug-likeness (QED) is 0.120. The first kappa shape index (κ1) is 30.3. The molecule has 6 nitrogen and oxygen atoms in total. The second kappa shape index (κ2) is 12.9. The van der Waals surface area contributed by atoms with Crippen LogP contribution in [-0.4, -0.2) is 40.0 Å². The van der Waals surface area contributed by atoms with Crippen molar-refractivity contribution in [3.63, 3.8) is 0 Å². The second-order valence-electron chi connectivity index (χ2n) is 9.84. The van der Waals surface area contributed by atoms with Crippen molar-refractivity contribution in [3.8, 4) is 5.75 Å². The molecule has 0 atom stereocenters. The Bertz CT molecular complexity index is 1420. The zero-order valence-corrected chi connectivity index (χ0v) is 22.8. The van der Waals surface area contributed by atoms with Gasteiger partial charge in [0.15, 0.2) is 23.3 Å². The van der Waals surface area contributed by atoms with E-state index in [1.54, 1.807) is 0 Å². The molecule has 1 aliphatic carbocycles. The van der Waals surface area contributed by atoms with Crippen LogP contribution in [0.1, 0.15) is 59.5 Å². The third kappa shape index (κ3) is 6.82. The predicted octanol–water partition coefficient (Wildman–Crippen LogP) is 7.01. The van der Waals surface area contributed by atoms with Crippen LogP contribution in [0.4, 0.5) is 27.6 Å². The Morgan fingerprint density at radius 2 is 1.46 bits per heavy atom. The van der Waals surface area contributed by atoms with E-state index in [-0.39, 0.29) is 24.2 Å². The van der Waals surface area contributed by atoms with Crippen LogP contribution in [0.5, 0.6) is 5.75 Å². The molecule has 1 fully saturated rings. The maximum atomic E-state index is 14.2. The fraction of sp³-hybridized carbons (Fsp3) is 0.310.